The number of aliphatic hydroxyl groups is 5. The topological polar surface area (TPSA) is 245 Å². The highest BCUT2D eigenvalue weighted by Gasteiger charge is 2.78. The second-order valence-electron chi connectivity index (χ2n) is 16.4. The number of hydrogen-bond donors (Lipinski definition) is 6. The van der Waals surface area contributed by atoms with Gasteiger partial charge in [-0.3, -0.25) is 9.59 Å². The number of benzene rings is 2. The number of rotatable bonds is 10. The summed E-state index contributed by atoms with van der Waals surface area (Å²) in [6, 6.07) is 12.8. The van der Waals surface area contributed by atoms with Crippen molar-refractivity contribution >= 4 is 29.8 Å². The van der Waals surface area contributed by atoms with Gasteiger partial charge in [0.1, 0.15) is 35.6 Å². The quantitative estimate of drug-likeness (QED) is 0.114. The molecule has 2 saturated carbocycles. The van der Waals surface area contributed by atoms with Crippen molar-refractivity contribution < 1.29 is 81.4 Å². The van der Waals surface area contributed by atoms with Crippen molar-refractivity contribution in [2.45, 2.75) is 121 Å². The Morgan fingerprint density at radius 2 is 1.64 bits per heavy atom. The van der Waals surface area contributed by atoms with Crippen LogP contribution in [0, 0.1) is 16.7 Å². The summed E-state index contributed by atoms with van der Waals surface area (Å²) in [7, 11) is 0. The van der Waals surface area contributed by atoms with E-state index in [0.717, 1.165) is 6.92 Å². The first kappa shape index (κ1) is 36.2. The van der Waals surface area contributed by atoms with Gasteiger partial charge in [-0.15, -0.1) is 0 Å². The molecule has 16 nitrogen and oxygen atoms in total. The summed E-state index contributed by atoms with van der Waals surface area (Å²) in [6.07, 6.45) is -13.6. The molecule has 16 heteroatoms. The van der Waals surface area contributed by atoms with Gasteiger partial charge in [-0.1, -0.05) is 62.4 Å². The average Bonchev–Trinajstić information content (AvgIpc) is 3.22. The highest BCUT2D eigenvalue weighted by Crippen LogP contribution is 2.64. The molecule has 4 aliphatic rings. The van der Waals surface area contributed by atoms with Gasteiger partial charge in [0.2, 0.25) is 0 Å². The van der Waals surface area contributed by atoms with Crippen LogP contribution >= 0.6 is 0 Å². The standard InChI is InChI=1S/C43H53NO15/c1-22-26(56-37(52)32(49)30(24-14-10-8-11-15-24)44-38(53)59-39(3,4)20-45)19-43(54)35(57-36(51)25-16-12-9-13-17-25)33-41(7,34(50)31(48)29(22)40(43,5)6)27(47)18-28-42(33,21-55-28)58-23(2)46/h8-17,26-28,30-33,35,45,47-49,54H,18-21H2,1-7H3,(H,44,53)/t26-,27-,28+,30-,31+,32+,33-,35-,41+,42-,43+/m0/s1/i3D3,4D3. The van der Waals surface area contributed by atoms with Crippen molar-refractivity contribution in [3.8, 4) is 0 Å². The van der Waals surface area contributed by atoms with Crippen molar-refractivity contribution in [2.75, 3.05) is 13.2 Å². The molecule has 1 aliphatic heterocycles. The van der Waals surface area contributed by atoms with Crippen molar-refractivity contribution in [3.05, 3.63) is 82.9 Å². The number of esters is 3. The van der Waals surface area contributed by atoms with E-state index in [1.807, 2.05) is 0 Å². The number of alkyl carbamates (subject to hydrolysis) is 1. The van der Waals surface area contributed by atoms with E-state index in [0.29, 0.717) is 0 Å². The molecule has 1 heterocycles. The third-order valence-electron chi connectivity index (χ3n) is 12.7. The van der Waals surface area contributed by atoms with Gasteiger partial charge < -0.3 is 54.5 Å². The predicted molar refractivity (Wildman–Crippen MR) is 205 cm³/mol. The first-order valence-corrected chi connectivity index (χ1v) is 19.0. The molecule has 6 N–H and O–H groups in total. The van der Waals surface area contributed by atoms with Crippen LogP contribution in [0.3, 0.4) is 0 Å². The van der Waals surface area contributed by atoms with Crippen molar-refractivity contribution in [1.29, 1.82) is 0 Å². The van der Waals surface area contributed by atoms with Gasteiger partial charge in [0.05, 0.1) is 42.3 Å². The van der Waals surface area contributed by atoms with Gasteiger partial charge in [-0.2, -0.15) is 0 Å². The molecule has 2 bridgehead atoms. The van der Waals surface area contributed by atoms with Gasteiger partial charge in [0, 0.05) is 33.4 Å². The fourth-order valence-corrected chi connectivity index (χ4v) is 9.47. The molecule has 3 fully saturated rings. The largest absolute Gasteiger partial charge is 0.456 e. The minimum absolute atomic E-state index is 0.00383. The van der Waals surface area contributed by atoms with E-state index >= 15 is 4.79 Å². The van der Waals surface area contributed by atoms with E-state index in [1.54, 1.807) is 24.3 Å². The number of aliphatic hydroxyl groups excluding tert-OH is 4. The highest BCUT2D eigenvalue weighted by atomic mass is 16.6. The third-order valence-corrected chi connectivity index (χ3v) is 12.7. The van der Waals surface area contributed by atoms with Crippen LogP contribution in [0.25, 0.3) is 0 Å². The Morgan fingerprint density at radius 3 is 2.20 bits per heavy atom. The van der Waals surface area contributed by atoms with Crippen LogP contribution in [-0.4, -0.2) is 122 Å². The van der Waals surface area contributed by atoms with E-state index in [9.17, 15) is 44.7 Å². The van der Waals surface area contributed by atoms with Crippen LogP contribution in [0.5, 0.6) is 0 Å². The molecular formula is C43H53NO15. The predicted octanol–water partition coefficient (Wildman–Crippen LogP) is 2.23. The van der Waals surface area contributed by atoms with Gasteiger partial charge in [-0.05, 0) is 56.4 Å². The molecule has 0 spiro atoms. The third kappa shape index (κ3) is 7.33. The molecule has 0 radical (unpaired) electrons. The first-order valence-electron chi connectivity index (χ1n) is 22.0. The molecule has 1 amide bonds. The molecule has 3 aliphatic carbocycles. The second kappa shape index (κ2) is 15.7. The van der Waals surface area contributed by atoms with Crippen LogP contribution < -0.4 is 5.32 Å². The summed E-state index contributed by atoms with van der Waals surface area (Å²) in [5.41, 5.74) is -11.8. The van der Waals surface area contributed by atoms with Gasteiger partial charge in [0.15, 0.2) is 17.5 Å². The van der Waals surface area contributed by atoms with E-state index < -0.39 is 133 Å². The number of ketones is 1. The summed E-state index contributed by atoms with van der Waals surface area (Å²) in [5, 5.41) is 61.3. The Labute approximate surface area is 349 Å². The Hall–Kier alpha value is -4.71. The number of fused-ring (bicyclic) bond motifs is 5. The number of hydrogen-bond acceptors (Lipinski definition) is 15. The molecule has 2 aromatic carbocycles. The molecule has 11 atom stereocenters. The molecule has 6 rings (SSSR count). The van der Waals surface area contributed by atoms with Crippen LogP contribution in [0.4, 0.5) is 4.79 Å². The monoisotopic (exact) mass is 829 g/mol. The molecule has 59 heavy (non-hydrogen) atoms. The molecule has 0 aromatic heterocycles. The number of carbonyl (C=O) groups excluding carboxylic acids is 5. The van der Waals surface area contributed by atoms with Gasteiger partial charge in [0.25, 0.3) is 0 Å². The maximum atomic E-state index is 15.0. The summed E-state index contributed by atoms with van der Waals surface area (Å²) in [5.74, 6) is -5.99. The molecule has 1 saturated heterocycles. The minimum atomic E-state index is -3.60. The van der Waals surface area contributed by atoms with Gasteiger partial charge >= 0.3 is 24.0 Å². The first-order chi connectivity index (χ1) is 30.1. The van der Waals surface area contributed by atoms with Crippen LogP contribution in [0.1, 0.15) is 91.4 Å². The average molecular weight is 830 g/mol. The SMILES string of the molecule is [2H]C([2H])([2H])C(CO)(OC(=O)N[C@@H](c1ccccc1)[C@@H](O)C(=O)O[C@H]1C[C@@]2(O)[C@@H](OC(=O)c3ccccc3)[C@@H]3[C@]4(OC(C)=O)CO[C@@H]4C[C@H](O)[C@@]3(C)C(=O)[C@H](O)C(=C1C)C2(C)C)C([2H])([2H])[2H]. The minimum Gasteiger partial charge on any atom is -0.456 e. The van der Waals surface area contributed by atoms with Gasteiger partial charge in [-0.25, -0.2) is 14.4 Å². The fourth-order valence-electron chi connectivity index (χ4n) is 9.47. The Bertz CT molecular complexity index is 2210. The van der Waals surface area contributed by atoms with E-state index in [-0.39, 0.29) is 35.3 Å². The fraction of sp³-hybridized carbons (Fsp3) is 0.558. The van der Waals surface area contributed by atoms with Crippen molar-refractivity contribution in [3.63, 3.8) is 0 Å². The lowest BCUT2D eigenvalue weighted by atomic mass is 9.44. The molecule has 0 unspecified atom stereocenters. The summed E-state index contributed by atoms with van der Waals surface area (Å²) in [6.45, 7) is -2.52. The van der Waals surface area contributed by atoms with Crippen LogP contribution in [0.2, 0.25) is 0 Å². The van der Waals surface area contributed by atoms with Crippen molar-refractivity contribution in [1.82, 2.24) is 5.32 Å². The number of amides is 1. The Kier molecular flexibility index (Phi) is 9.63. The molecular weight excluding hydrogens is 770 g/mol. The second-order valence-corrected chi connectivity index (χ2v) is 16.4. The highest BCUT2D eigenvalue weighted by molar-refractivity contribution is 5.94. The zero-order valence-corrected chi connectivity index (χ0v) is 33.0. The number of nitrogens with one attached hydrogen (secondary N) is 1. The van der Waals surface area contributed by atoms with E-state index in [2.05, 4.69) is 5.32 Å². The maximum absolute atomic E-state index is 15.0. The smallest absolute Gasteiger partial charge is 0.408 e. The zero-order chi connectivity index (χ0) is 48.5. The lowest BCUT2D eigenvalue weighted by Gasteiger charge is -2.67. The van der Waals surface area contributed by atoms with E-state index in [4.69, 9.17) is 31.9 Å². The lowest BCUT2D eigenvalue weighted by Crippen LogP contribution is -2.81. The van der Waals surface area contributed by atoms with Crippen LogP contribution in [0.15, 0.2) is 71.8 Å². The normalized spacial score (nSPS) is 35.3. The summed E-state index contributed by atoms with van der Waals surface area (Å²) >= 11 is 0. The lowest BCUT2D eigenvalue weighted by molar-refractivity contribution is -0.346. The summed E-state index contributed by atoms with van der Waals surface area (Å²) < 4.78 is 75.5. The Balaban J connectivity index is 1.46. The number of carbonyl (C=O) groups is 5. The number of Topliss-reactive ketones (excluding diaryl/α,β-unsaturated/α-hetero) is 1. The van der Waals surface area contributed by atoms with Crippen LogP contribution in [-0.2, 0) is 38.1 Å². The van der Waals surface area contributed by atoms with Crippen molar-refractivity contribution in [2.24, 2.45) is 16.7 Å². The maximum Gasteiger partial charge on any atom is 0.408 e. The molecule has 2 aromatic rings. The Morgan fingerprint density at radius 1 is 1.02 bits per heavy atom. The van der Waals surface area contributed by atoms with E-state index in [1.165, 1.54) is 64.1 Å². The zero-order valence-electron chi connectivity index (χ0n) is 39.0. The summed E-state index contributed by atoms with van der Waals surface area (Å²) in [4.78, 5) is 69.7. The molecule has 320 valence electrons. The number of ether oxygens (including phenoxy) is 5.